The molecule has 2 rings (SSSR count). The van der Waals surface area contributed by atoms with Crippen molar-refractivity contribution in [2.45, 2.75) is 32.9 Å². The third kappa shape index (κ3) is 4.99. The maximum Gasteiger partial charge on any atom is 0.120 e. The second-order valence-corrected chi connectivity index (χ2v) is 6.66. The van der Waals surface area contributed by atoms with Crippen LogP contribution in [0.1, 0.15) is 26.3 Å². The maximum absolute atomic E-state index is 5.84. The van der Waals surface area contributed by atoms with Crippen molar-refractivity contribution in [1.82, 2.24) is 0 Å². The van der Waals surface area contributed by atoms with E-state index in [2.05, 4.69) is 67.4 Å². The Hall–Kier alpha value is -2.16. The lowest BCUT2D eigenvalue weighted by Crippen LogP contribution is -2.22. The summed E-state index contributed by atoms with van der Waals surface area (Å²) in [6.07, 6.45) is 0. The summed E-state index contributed by atoms with van der Waals surface area (Å²) < 4.78 is 5.84. The first-order valence-electron chi connectivity index (χ1n) is 7.63. The molecule has 118 valence electrons. The Labute approximate surface area is 133 Å². The van der Waals surface area contributed by atoms with E-state index in [0.717, 1.165) is 18.0 Å². The van der Waals surface area contributed by atoms with Gasteiger partial charge in [-0.2, -0.15) is 0 Å². The highest BCUT2D eigenvalue weighted by Gasteiger charge is 2.11. The molecule has 0 saturated carbocycles. The lowest BCUT2D eigenvalue weighted by molar-refractivity contribution is 0.131. The van der Waals surface area contributed by atoms with Crippen LogP contribution in [0.4, 0.5) is 11.4 Å². The van der Waals surface area contributed by atoms with Crippen molar-refractivity contribution in [3.63, 3.8) is 0 Å². The van der Waals surface area contributed by atoms with Crippen LogP contribution in [0.3, 0.4) is 0 Å². The molecule has 3 nitrogen and oxygen atoms in total. The Bertz CT molecular complexity index is 598. The van der Waals surface area contributed by atoms with E-state index >= 15 is 0 Å². The fraction of sp³-hybridized carbons (Fsp3) is 0.368. The van der Waals surface area contributed by atoms with E-state index in [1.807, 2.05) is 26.2 Å². The maximum atomic E-state index is 5.84. The molecule has 22 heavy (non-hydrogen) atoms. The zero-order valence-corrected chi connectivity index (χ0v) is 14.2. The first-order chi connectivity index (χ1) is 10.3. The Morgan fingerprint density at radius 3 is 2.27 bits per heavy atom. The Balaban J connectivity index is 1.96. The van der Waals surface area contributed by atoms with E-state index < -0.39 is 0 Å². The smallest absolute Gasteiger partial charge is 0.120 e. The van der Waals surface area contributed by atoms with Gasteiger partial charge in [-0.15, -0.1) is 0 Å². The predicted molar refractivity (Wildman–Crippen MR) is 94.9 cm³/mol. The molecule has 2 aromatic rings. The molecule has 0 atom stereocenters. The second-order valence-electron chi connectivity index (χ2n) is 6.66. The van der Waals surface area contributed by atoms with Crippen LogP contribution >= 0.6 is 0 Å². The fourth-order valence-corrected chi connectivity index (χ4v) is 2.13. The van der Waals surface area contributed by atoms with Crippen LogP contribution in [0.25, 0.3) is 0 Å². The van der Waals surface area contributed by atoms with Gasteiger partial charge in [0, 0.05) is 32.0 Å². The fourth-order valence-electron chi connectivity index (χ4n) is 2.13. The molecule has 0 aliphatic heterocycles. The molecule has 0 aromatic heterocycles. The van der Waals surface area contributed by atoms with Crippen LogP contribution in [0.15, 0.2) is 48.5 Å². The zero-order valence-electron chi connectivity index (χ0n) is 14.2. The van der Waals surface area contributed by atoms with Crippen molar-refractivity contribution < 1.29 is 4.74 Å². The quantitative estimate of drug-likeness (QED) is 0.877. The summed E-state index contributed by atoms with van der Waals surface area (Å²) in [5.41, 5.74) is 3.39. The Morgan fingerprint density at radius 1 is 1.00 bits per heavy atom. The monoisotopic (exact) mass is 298 g/mol. The normalized spacial score (nSPS) is 11.1. The summed E-state index contributed by atoms with van der Waals surface area (Å²) in [7, 11) is 4.10. The Morgan fingerprint density at radius 2 is 1.68 bits per heavy atom. The van der Waals surface area contributed by atoms with Crippen LogP contribution in [0, 0.1) is 0 Å². The molecular formula is C19H26N2O. The molecule has 0 amide bonds. The van der Waals surface area contributed by atoms with Gasteiger partial charge in [0.2, 0.25) is 0 Å². The number of hydrogen-bond acceptors (Lipinski definition) is 3. The van der Waals surface area contributed by atoms with Gasteiger partial charge in [0.25, 0.3) is 0 Å². The average molecular weight is 298 g/mol. The molecule has 0 bridgehead atoms. The molecule has 0 aliphatic carbocycles. The number of hydrogen-bond donors (Lipinski definition) is 1. The topological polar surface area (TPSA) is 24.5 Å². The number of benzene rings is 2. The van der Waals surface area contributed by atoms with Gasteiger partial charge in [-0.25, -0.2) is 0 Å². The zero-order chi connectivity index (χ0) is 16.2. The van der Waals surface area contributed by atoms with E-state index in [4.69, 9.17) is 4.74 Å². The second kappa shape index (κ2) is 6.73. The molecule has 2 aromatic carbocycles. The molecule has 3 heteroatoms. The highest BCUT2D eigenvalue weighted by atomic mass is 16.5. The van der Waals surface area contributed by atoms with Crippen molar-refractivity contribution in [2.24, 2.45) is 0 Å². The number of ether oxygens (including phenoxy) is 1. The van der Waals surface area contributed by atoms with Crippen molar-refractivity contribution >= 4 is 11.4 Å². The van der Waals surface area contributed by atoms with E-state index in [1.54, 1.807) is 0 Å². The van der Waals surface area contributed by atoms with Gasteiger partial charge in [-0.3, -0.25) is 0 Å². The van der Waals surface area contributed by atoms with Crippen molar-refractivity contribution in [3.8, 4) is 5.75 Å². The molecular weight excluding hydrogens is 272 g/mol. The average Bonchev–Trinajstić information content (AvgIpc) is 2.45. The minimum absolute atomic E-state index is 0.160. The van der Waals surface area contributed by atoms with Crippen molar-refractivity contribution in [1.29, 1.82) is 0 Å². The summed E-state index contributed by atoms with van der Waals surface area (Å²) >= 11 is 0. The first kappa shape index (κ1) is 16.2. The van der Waals surface area contributed by atoms with Crippen LogP contribution in [0.2, 0.25) is 0 Å². The number of nitrogens with zero attached hydrogens (tertiary/aromatic N) is 1. The summed E-state index contributed by atoms with van der Waals surface area (Å²) in [6.45, 7) is 6.97. The third-order valence-electron chi connectivity index (χ3n) is 3.21. The summed E-state index contributed by atoms with van der Waals surface area (Å²) in [6, 6.07) is 16.7. The molecule has 0 fully saturated rings. The van der Waals surface area contributed by atoms with E-state index in [0.29, 0.717) is 0 Å². The molecule has 0 radical (unpaired) electrons. The minimum Gasteiger partial charge on any atom is -0.488 e. The first-order valence-corrected chi connectivity index (χ1v) is 7.63. The molecule has 0 heterocycles. The van der Waals surface area contributed by atoms with Crippen molar-refractivity contribution in [2.75, 3.05) is 24.3 Å². The predicted octanol–water partition coefficient (Wildman–Crippen LogP) is 4.54. The van der Waals surface area contributed by atoms with E-state index in [9.17, 15) is 0 Å². The van der Waals surface area contributed by atoms with Gasteiger partial charge < -0.3 is 15.0 Å². The van der Waals surface area contributed by atoms with Gasteiger partial charge in [-0.05, 0) is 56.7 Å². The highest BCUT2D eigenvalue weighted by Crippen LogP contribution is 2.20. The van der Waals surface area contributed by atoms with Gasteiger partial charge >= 0.3 is 0 Å². The van der Waals surface area contributed by atoms with Gasteiger partial charge in [0.1, 0.15) is 11.4 Å². The van der Waals surface area contributed by atoms with Crippen LogP contribution in [-0.4, -0.2) is 19.7 Å². The molecule has 0 spiro atoms. The van der Waals surface area contributed by atoms with Gasteiger partial charge in [0.05, 0.1) is 0 Å². The standard InChI is InChI=1S/C19H26N2O/c1-19(2,3)22-18-11-9-15(10-12-18)14-20-16-7-6-8-17(13-16)21(4)5/h6-13,20H,14H2,1-5H3. The molecule has 1 N–H and O–H groups in total. The number of nitrogens with one attached hydrogen (secondary N) is 1. The Kier molecular flexibility index (Phi) is 4.96. The van der Waals surface area contributed by atoms with Gasteiger partial charge in [-0.1, -0.05) is 18.2 Å². The molecule has 0 saturated heterocycles. The molecule has 0 unspecified atom stereocenters. The lowest BCUT2D eigenvalue weighted by Gasteiger charge is -2.21. The minimum atomic E-state index is -0.160. The summed E-state index contributed by atoms with van der Waals surface area (Å²) in [5.74, 6) is 0.908. The number of rotatable bonds is 5. The van der Waals surface area contributed by atoms with E-state index in [1.165, 1.54) is 11.3 Å². The SMILES string of the molecule is CN(C)c1cccc(NCc2ccc(OC(C)(C)C)cc2)c1. The largest absolute Gasteiger partial charge is 0.488 e. The van der Waals surface area contributed by atoms with Crippen LogP contribution in [0.5, 0.6) is 5.75 Å². The van der Waals surface area contributed by atoms with E-state index in [-0.39, 0.29) is 5.60 Å². The van der Waals surface area contributed by atoms with Crippen LogP contribution < -0.4 is 15.0 Å². The summed E-state index contributed by atoms with van der Waals surface area (Å²) in [4.78, 5) is 2.10. The number of anilines is 2. The van der Waals surface area contributed by atoms with Crippen LogP contribution in [-0.2, 0) is 6.54 Å². The lowest BCUT2D eigenvalue weighted by atomic mass is 10.1. The molecule has 0 aliphatic rings. The third-order valence-corrected chi connectivity index (χ3v) is 3.21. The summed E-state index contributed by atoms with van der Waals surface area (Å²) in [5, 5.41) is 3.46. The van der Waals surface area contributed by atoms with Crippen molar-refractivity contribution in [3.05, 3.63) is 54.1 Å². The van der Waals surface area contributed by atoms with Gasteiger partial charge in [0.15, 0.2) is 0 Å². The highest BCUT2D eigenvalue weighted by molar-refractivity contribution is 5.57.